The average molecular weight is 250 g/mol. The quantitative estimate of drug-likeness (QED) is 0.757. The minimum Gasteiger partial charge on any atom is -0.496 e. The first-order valence-electron chi connectivity index (χ1n) is 6.23. The molecule has 0 aliphatic heterocycles. The number of amides is 1. The Hall–Kier alpha value is -1.55. The first-order chi connectivity index (χ1) is 8.54. The molecule has 1 rings (SSSR count). The molecular formula is C14H22N2O2. The van der Waals surface area contributed by atoms with E-state index in [4.69, 9.17) is 10.5 Å². The molecule has 100 valence electrons. The summed E-state index contributed by atoms with van der Waals surface area (Å²) in [5.41, 5.74) is 7.27. The van der Waals surface area contributed by atoms with Gasteiger partial charge in [-0.25, -0.2) is 0 Å². The lowest BCUT2D eigenvalue weighted by molar-refractivity contribution is 0.0949. The molecule has 4 heteroatoms. The summed E-state index contributed by atoms with van der Waals surface area (Å²) in [4.78, 5) is 12.0. The average Bonchev–Trinajstić information content (AvgIpc) is 2.34. The summed E-state index contributed by atoms with van der Waals surface area (Å²) < 4.78 is 5.19. The van der Waals surface area contributed by atoms with E-state index in [1.807, 2.05) is 32.0 Å². The fraction of sp³-hybridized carbons (Fsp3) is 0.500. The third-order valence-corrected chi connectivity index (χ3v) is 2.72. The lowest BCUT2D eigenvalue weighted by Crippen LogP contribution is -2.26. The molecule has 1 aromatic rings. The van der Waals surface area contributed by atoms with Gasteiger partial charge >= 0.3 is 0 Å². The summed E-state index contributed by atoms with van der Waals surface area (Å²) in [6, 6.07) is 5.74. The Labute approximate surface area is 109 Å². The molecular weight excluding hydrogens is 228 g/mol. The molecule has 0 aliphatic rings. The van der Waals surface area contributed by atoms with Crippen LogP contribution in [0.1, 0.15) is 35.7 Å². The number of carbonyl (C=O) groups excluding carboxylic acids is 1. The van der Waals surface area contributed by atoms with E-state index in [1.165, 1.54) is 0 Å². The summed E-state index contributed by atoms with van der Waals surface area (Å²) in [6.07, 6.45) is 1.79. The number of hydrogen-bond acceptors (Lipinski definition) is 3. The van der Waals surface area contributed by atoms with Crippen molar-refractivity contribution in [3.05, 3.63) is 29.3 Å². The number of hydrogen-bond donors (Lipinski definition) is 2. The minimum absolute atomic E-state index is 0.0970. The largest absolute Gasteiger partial charge is 0.496 e. The third-order valence-electron chi connectivity index (χ3n) is 2.72. The maximum absolute atomic E-state index is 12.0. The second kappa shape index (κ2) is 7.01. The van der Waals surface area contributed by atoms with Gasteiger partial charge in [0.15, 0.2) is 0 Å². The summed E-state index contributed by atoms with van der Waals surface area (Å²) in [5, 5.41) is 2.88. The molecule has 4 nitrogen and oxygen atoms in total. The van der Waals surface area contributed by atoms with Crippen molar-refractivity contribution in [3.8, 4) is 5.75 Å². The van der Waals surface area contributed by atoms with Crippen LogP contribution in [0.3, 0.4) is 0 Å². The van der Waals surface area contributed by atoms with Crippen molar-refractivity contribution < 1.29 is 9.53 Å². The molecule has 1 unspecified atom stereocenters. The Morgan fingerprint density at radius 3 is 2.83 bits per heavy atom. The highest BCUT2D eigenvalue weighted by molar-refractivity contribution is 5.97. The van der Waals surface area contributed by atoms with E-state index in [0.717, 1.165) is 18.4 Å². The molecule has 1 atom stereocenters. The molecule has 1 amide bonds. The van der Waals surface area contributed by atoms with Crippen LogP contribution in [-0.4, -0.2) is 25.6 Å². The highest BCUT2D eigenvalue weighted by atomic mass is 16.5. The second-order valence-electron chi connectivity index (χ2n) is 4.58. The molecule has 0 saturated heterocycles. The molecule has 0 fully saturated rings. The van der Waals surface area contributed by atoms with Gasteiger partial charge in [-0.1, -0.05) is 11.6 Å². The van der Waals surface area contributed by atoms with Gasteiger partial charge in [0.1, 0.15) is 5.75 Å². The van der Waals surface area contributed by atoms with Gasteiger partial charge in [0.05, 0.1) is 12.7 Å². The van der Waals surface area contributed by atoms with Gasteiger partial charge in [-0.15, -0.1) is 0 Å². The van der Waals surface area contributed by atoms with E-state index in [2.05, 4.69) is 5.32 Å². The van der Waals surface area contributed by atoms with Crippen LogP contribution in [0.15, 0.2) is 18.2 Å². The van der Waals surface area contributed by atoms with Crippen LogP contribution in [-0.2, 0) is 0 Å². The number of benzene rings is 1. The smallest absolute Gasteiger partial charge is 0.255 e. The van der Waals surface area contributed by atoms with Gasteiger partial charge in [0.2, 0.25) is 0 Å². The number of carbonyl (C=O) groups is 1. The molecule has 1 aromatic carbocycles. The first kappa shape index (κ1) is 14.5. The van der Waals surface area contributed by atoms with E-state index in [0.29, 0.717) is 17.9 Å². The zero-order valence-corrected chi connectivity index (χ0v) is 11.3. The summed E-state index contributed by atoms with van der Waals surface area (Å²) in [7, 11) is 1.57. The molecule has 3 N–H and O–H groups in total. The summed E-state index contributed by atoms with van der Waals surface area (Å²) >= 11 is 0. The van der Waals surface area contributed by atoms with Gasteiger partial charge in [0.25, 0.3) is 5.91 Å². The van der Waals surface area contributed by atoms with Crippen molar-refractivity contribution in [1.82, 2.24) is 5.32 Å². The Balaban J connectivity index is 2.58. The summed E-state index contributed by atoms with van der Waals surface area (Å²) in [6.45, 7) is 4.55. The van der Waals surface area contributed by atoms with Crippen LogP contribution in [0.2, 0.25) is 0 Å². The molecule has 0 aromatic heterocycles. The predicted octanol–water partition coefficient (Wildman–Crippen LogP) is 1.86. The number of ether oxygens (including phenoxy) is 1. The maximum atomic E-state index is 12.0. The van der Waals surface area contributed by atoms with Gasteiger partial charge in [-0.3, -0.25) is 4.79 Å². The van der Waals surface area contributed by atoms with Crippen molar-refractivity contribution in [2.75, 3.05) is 13.7 Å². The maximum Gasteiger partial charge on any atom is 0.255 e. The molecule has 18 heavy (non-hydrogen) atoms. The zero-order chi connectivity index (χ0) is 13.5. The highest BCUT2D eigenvalue weighted by Gasteiger charge is 2.11. The van der Waals surface area contributed by atoms with E-state index < -0.39 is 0 Å². The van der Waals surface area contributed by atoms with Crippen molar-refractivity contribution >= 4 is 5.91 Å². The monoisotopic (exact) mass is 250 g/mol. The number of aryl methyl sites for hydroxylation is 1. The van der Waals surface area contributed by atoms with Crippen LogP contribution in [0.4, 0.5) is 0 Å². The van der Waals surface area contributed by atoms with E-state index in [-0.39, 0.29) is 11.9 Å². The fourth-order valence-electron chi connectivity index (χ4n) is 1.72. The van der Waals surface area contributed by atoms with Gasteiger partial charge in [-0.05, 0) is 38.8 Å². The molecule has 0 heterocycles. The van der Waals surface area contributed by atoms with Gasteiger partial charge < -0.3 is 15.8 Å². The topological polar surface area (TPSA) is 64.3 Å². The normalized spacial score (nSPS) is 12.0. The number of nitrogens with one attached hydrogen (secondary N) is 1. The SMILES string of the molecule is COc1ccc(C)cc1C(=O)NCCCC(C)N. The van der Waals surface area contributed by atoms with E-state index in [1.54, 1.807) is 7.11 Å². The Kier molecular flexibility index (Phi) is 5.65. The van der Waals surface area contributed by atoms with Crippen molar-refractivity contribution in [3.63, 3.8) is 0 Å². The minimum atomic E-state index is -0.0970. The van der Waals surface area contributed by atoms with Crippen LogP contribution in [0.5, 0.6) is 5.75 Å². The van der Waals surface area contributed by atoms with Crippen molar-refractivity contribution in [2.45, 2.75) is 32.7 Å². The number of methoxy groups -OCH3 is 1. The predicted molar refractivity (Wildman–Crippen MR) is 72.9 cm³/mol. The van der Waals surface area contributed by atoms with Crippen LogP contribution < -0.4 is 15.8 Å². The Morgan fingerprint density at radius 1 is 1.50 bits per heavy atom. The van der Waals surface area contributed by atoms with Crippen molar-refractivity contribution in [2.24, 2.45) is 5.73 Å². The lowest BCUT2D eigenvalue weighted by Gasteiger charge is -2.10. The summed E-state index contributed by atoms with van der Waals surface area (Å²) in [5.74, 6) is 0.505. The Bertz CT molecular complexity index is 403. The van der Waals surface area contributed by atoms with E-state index >= 15 is 0 Å². The zero-order valence-electron chi connectivity index (χ0n) is 11.3. The van der Waals surface area contributed by atoms with Crippen molar-refractivity contribution in [1.29, 1.82) is 0 Å². The lowest BCUT2D eigenvalue weighted by atomic mass is 10.1. The van der Waals surface area contributed by atoms with Crippen LogP contribution in [0.25, 0.3) is 0 Å². The Morgan fingerprint density at radius 2 is 2.22 bits per heavy atom. The molecule has 0 spiro atoms. The highest BCUT2D eigenvalue weighted by Crippen LogP contribution is 2.19. The molecule has 0 bridgehead atoms. The van der Waals surface area contributed by atoms with Crippen LogP contribution >= 0.6 is 0 Å². The molecule has 0 saturated carbocycles. The first-order valence-corrected chi connectivity index (χ1v) is 6.23. The molecule has 0 radical (unpaired) electrons. The fourth-order valence-corrected chi connectivity index (χ4v) is 1.72. The second-order valence-corrected chi connectivity index (χ2v) is 4.58. The van der Waals surface area contributed by atoms with Gasteiger partial charge in [-0.2, -0.15) is 0 Å². The van der Waals surface area contributed by atoms with Gasteiger partial charge in [0, 0.05) is 12.6 Å². The van der Waals surface area contributed by atoms with Crippen LogP contribution in [0, 0.1) is 6.92 Å². The molecule has 0 aliphatic carbocycles. The van der Waals surface area contributed by atoms with E-state index in [9.17, 15) is 4.79 Å². The standard InChI is InChI=1S/C14H22N2O2/c1-10-6-7-13(18-3)12(9-10)14(17)16-8-4-5-11(2)15/h6-7,9,11H,4-5,8,15H2,1-3H3,(H,16,17). The number of nitrogens with two attached hydrogens (primary N) is 1. The third kappa shape index (κ3) is 4.37. The number of rotatable bonds is 6.